The lowest BCUT2D eigenvalue weighted by atomic mass is 10.1. The number of carbonyl (C=O) groups excluding carboxylic acids is 2. The molecular weight excluding hydrogens is 445 g/mol. The van der Waals surface area contributed by atoms with E-state index in [1.165, 1.54) is 22.4 Å². The molecule has 2 atom stereocenters. The molecule has 0 saturated heterocycles. The highest BCUT2D eigenvalue weighted by atomic mass is 19.1. The van der Waals surface area contributed by atoms with E-state index in [1.54, 1.807) is 25.1 Å². The molecule has 35 heavy (non-hydrogen) atoms. The van der Waals surface area contributed by atoms with Crippen molar-refractivity contribution in [2.24, 2.45) is 5.92 Å². The molecule has 1 N–H and O–H groups in total. The first-order valence-corrected chi connectivity index (χ1v) is 11.5. The Morgan fingerprint density at radius 3 is 2.60 bits per heavy atom. The Labute approximate surface area is 202 Å². The van der Waals surface area contributed by atoms with Crippen LogP contribution in [0.2, 0.25) is 0 Å². The van der Waals surface area contributed by atoms with Gasteiger partial charge in [0.05, 0.1) is 18.0 Å². The number of hydrogen-bond acceptors (Lipinski definition) is 4. The Kier molecular flexibility index (Phi) is 6.14. The van der Waals surface area contributed by atoms with Crippen molar-refractivity contribution in [1.29, 1.82) is 0 Å². The van der Waals surface area contributed by atoms with E-state index in [0.29, 0.717) is 22.6 Å². The summed E-state index contributed by atoms with van der Waals surface area (Å²) < 4.78 is 20.5. The third-order valence-corrected chi connectivity index (χ3v) is 6.03. The minimum atomic E-state index is -0.561. The van der Waals surface area contributed by atoms with Crippen LogP contribution in [-0.4, -0.2) is 28.3 Å². The van der Waals surface area contributed by atoms with Crippen molar-refractivity contribution < 1.29 is 18.7 Å². The average Bonchev–Trinajstić information content (AvgIpc) is 3.55. The van der Waals surface area contributed by atoms with E-state index in [9.17, 15) is 14.0 Å². The molecule has 176 valence electrons. The Morgan fingerprint density at radius 1 is 1.03 bits per heavy atom. The number of carbonyl (C=O) groups is 2. The molecule has 1 aliphatic rings. The number of benzene rings is 3. The first-order chi connectivity index (χ1) is 17.0. The molecule has 1 heterocycles. The van der Waals surface area contributed by atoms with Gasteiger partial charge in [-0.2, -0.15) is 5.10 Å². The van der Waals surface area contributed by atoms with Gasteiger partial charge in [-0.15, -0.1) is 0 Å². The Bertz CT molecular complexity index is 1380. The molecule has 0 unspecified atom stereocenters. The zero-order chi connectivity index (χ0) is 24.4. The predicted molar refractivity (Wildman–Crippen MR) is 131 cm³/mol. The largest absolute Gasteiger partial charge is 0.461 e. The molecule has 4 aromatic rings. The number of hydrogen-bond donors (Lipinski definition) is 1. The van der Waals surface area contributed by atoms with Crippen LogP contribution in [0.25, 0.3) is 16.9 Å². The third-order valence-electron chi connectivity index (χ3n) is 6.03. The molecule has 3 aromatic carbocycles. The van der Waals surface area contributed by atoms with Gasteiger partial charge in [0.2, 0.25) is 5.91 Å². The summed E-state index contributed by atoms with van der Waals surface area (Å²) in [5.74, 6) is -0.828. The SMILES string of the molecule is CCOC(=O)c1cc(-c2cccc(NC(=O)[C@@H]3C[C@H]3c3ccccc3)c2)n(-c2cccc(F)c2)n1. The van der Waals surface area contributed by atoms with Crippen LogP contribution < -0.4 is 5.32 Å². The van der Waals surface area contributed by atoms with Crippen molar-refractivity contribution >= 4 is 17.6 Å². The van der Waals surface area contributed by atoms with Gasteiger partial charge in [0.1, 0.15) is 5.82 Å². The number of nitrogens with one attached hydrogen (secondary N) is 1. The summed E-state index contributed by atoms with van der Waals surface area (Å²) in [7, 11) is 0. The topological polar surface area (TPSA) is 73.2 Å². The normalized spacial score (nSPS) is 16.5. The molecule has 0 spiro atoms. The van der Waals surface area contributed by atoms with E-state index in [2.05, 4.69) is 10.4 Å². The summed E-state index contributed by atoms with van der Waals surface area (Å²) >= 11 is 0. The first-order valence-electron chi connectivity index (χ1n) is 11.5. The second kappa shape index (κ2) is 9.54. The first kappa shape index (κ1) is 22.5. The molecule has 0 bridgehead atoms. The second-order valence-corrected chi connectivity index (χ2v) is 8.46. The fourth-order valence-corrected chi connectivity index (χ4v) is 4.24. The lowest BCUT2D eigenvalue weighted by molar-refractivity contribution is -0.117. The summed E-state index contributed by atoms with van der Waals surface area (Å²) in [4.78, 5) is 25.2. The van der Waals surface area contributed by atoms with Gasteiger partial charge < -0.3 is 10.1 Å². The minimum Gasteiger partial charge on any atom is -0.461 e. The average molecular weight is 470 g/mol. The standard InChI is InChI=1S/C28H24FN3O3/c1-2-35-28(34)25-17-26(32(31-25)22-13-7-11-20(29)15-22)19-10-6-12-21(14-19)30-27(33)24-16-23(24)18-8-4-3-5-9-18/h3-15,17,23-24H,2,16H2,1H3,(H,30,33)/t23-,24+/m0/s1. The van der Waals surface area contributed by atoms with Gasteiger partial charge in [-0.1, -0.05) is 48.5 Å². The quantitative estimate of drug-likeness (QED) is 0.358. The minimum absolute atomic E-state index is 0.0261. The maximum Gasteiger partial charge on any atom is 0.358 e. The second-order valence-electron chi connectivity index (χ2n) is 8.46. The highest BCUT2D eigenvalue weighted by Gasteiger charge is 2.43. The van der Waals surface area contributed by atoms with Crippen LogP contribution in [0, 0.1) is 11.7 Å². The van der Waals surface area contributed by atoms with E-state index in [-0.39, 0.29) is 30.0 Å². The molecule has 1 aromatic heterocycles. The summed E-state index contributed by atoms with van der Waals surface area (Å²) in [5.41, 5.74) is 3.68. The van der Waals surface area contributed by atoms with E-state index >= 15 is 0 Å². The van der Waals surface area contributed by atoms with Gasteiger partial charge in [0.15, 0.2) is 5.69 Å². The fourth-order valence-electron chi connectivity index (χ4n) is 4.24. The molecule has 1 amide bonds. The molecule has 1 saturated carbocycles. The number of esters is 1. The number of amides is 1. The van der Waals surface area contributed by atoms with E-state index < -0.39 is 11.8 Å². The fraction of sp³-hybridized carbons (Fsp3) is 0.179. The third kappa shape index (κ3) is 4.84. The maximum atomic E-state index is 13.9. The lowest BCUT2D eigenvalue weighted by Crippen LogP contribution is -2.14. The maximum absolute atomic E-state index is 13.9. The molecular formula is C28H24FN3O3. The van der Waals surface area contributed by atoms with Gasteiger partial charge >= 0.3 is 5.97 Å². The van der Waals surface area contributed by atoms with Crippen LogP contribution in [-0.2, 0) is 9.53 Å². The van der Waals surface area contributed by atoms with Crippen LogP contribution in [0.15, 0.2) is 84.9 Å². The number of rotatable bonds is 7. The number of aromatic nitrogens is 2. The molecule has 7 heteroatoms. The summed E-state index contributed by atoms with van der Waals surface area (Å²) in [6.07, 6.45) is 0.824. The Hall–Kier alpha value is -4.26. The van der Waals surface area contributed by atoms with Crippen LogP contribution in [0.5, 0.6) is 0 Å². The summed E-state index contributed by atoms with van der Waals surface area (Å²) in [6.45, 7) is 1.93. The molecule has 1 aliphatic carbocycles. The monoisotopic (exact) mass is 469 g/mol. The van der Waals surface area contributed by atoms with Gasteiger partial charge in [0, 0.05) is 17.2 Å². The van der Waals surface area contributed by atoms with Gasteiger partial charge in [-0.3, -0.25) is 4.79 Å². The lowest BCUT2D eigenvalue weighted by Gasteiger charge is -2.10. The highest BCUT2D eigenvalue weighted by Crippen LogP contribution is 2.48. The molecule has 5 rings (SSSR count). The number of ether oxygens (including phenoxy) is 1. The smallest absolute Gasteiger partial charge is 0.358 e. The van der Waals surface area contributed by atoms with Crippen molar-refractivity contribution in [1.82, 2.24) is 9.78 Å². The number of nitrogens with zero attached hydrogens (tertiary/aromatic N) is 2. The molecule has 6 nitrogen and oxygen atoms in total. The highest BCUT2D eigenvalue weighted by molar-refractivity contribution is 5.96. The van der Waals surface area contributed by atoms with Gasteiger partial charge in [0.25, 0.3) is 0 Å². The summed E-state index contributed by atoms with van der Waals surface area (Å²) in [5, 5.41) is 7.39. The van der Waals surface area contributed by atoms with Crippen molar-refractivity contribution in [3.8, 4) is 16.9 Å². The van der Waals surface area contributed by atoms with Crippen LogP contribution in [0.3, 0.4) is 0 Å². The van der Waals surface area contributed by atoms with E-state index in [0.717, 1.165) is 6.42 Å². The van der Waals surface area contributed by atoms with Crippen molar-refractivity contribution in [2.75, 3.05) is 11.9 Å². The Balaban J connectivity index is 1.42. The number of halogens is 1. The van der Waals surface area contributed by atoms with E-state index in [4.69, 9.17) is 4.74 Å². The molecule has 0 radical (unpaired) electrons. The predicted octanol–water partition coefficient (Wildman–Crippen LogP) is 5.60. The van der Waals surface area contributed by atoms with Gasteiger partial charge in [-0.05, 0) is 61.2 Å². The van der Waals surface area contributed by atoms with Crippen molar-refractivity contribution in [2.45, 2.75) is 19.3 Å². The Morgan fingerprint density at radius 2 is 1.83 bits per heavy atom. The van der Waals surface area contributed by atoms with Crippen LogP contribution in [0.1, 0.15) is 35.3 Å². The summed E-state index contributed by atoms with van der Waals surface area (Å²) in [6, 6.07) is 24.9. The van der Waals surface area contributed by atoms with Crippen molar-refractivity contribution in [3.05, 3.63) is 102 Å². The zero-order valence-corrected chi connectivity index (χ0v) is 19.1. The van der Waals surface area contributed by atoms with E-state index in [1.807, 2.05) is 54.6 Å². The zero-order valence-electron chi connectivity index (χ0n) is 19.1. The van der Waals surface area contributed by atoms with Gasteiger partial charge in [-0.25, -0.2) is 13.9 Å². The van der Waals surface area contributed by atoms with Crippen LogP contribution in [0.4, 0.5) is 10.1 Å². The molecule has 0 aliphatic heterocycles. The van der Waals surface area contributed by atoms with Crippen LogP contribution >= 0.6 is 0 Å². The molecule has 1 fully saturated rings. The number of anilines is 1. The van der Waals surface area contributed by atoms with Crippen molar-refractivity contribution in [3.63, 3.8) is 0 Å².